The van der Waals surface area contributed by atoms with Gasteiger partial charge in [-0.1, -0.05) is 32.9 Å². The zero-order valence-electron chi connectivity index (χ0n) is 12.5. The Hall–Kier alpha value is -1.35. The van der Waals surface area contributed by atoms with E-state index in [1.807, 2.05) is 19.2 Å². The van der Waals surface area contributed by atoms with Gasteiger partial charge in [-0.05, 0) is 42.5 Å². The largest absolute Gasteiger partial charge is 0.341 e. The van der Waals surface area contributed by atoms with E-state index in [1.54, 1.807) is 4.90 Å². The van der Waals surface area contributed by atoms with Gasteiger partial charge in [0.2, 0.25) is 0 Å². The molecule has 0 aromatic heterocycles. The molecule has 0 saturated heterocycles. The SMILES string of the molecule is CCC(C)c1ccc(C(=O)N(C)CC(C)CN)cc1. The van der Waals surface area contributed by atoms with Crippen LogP contribution in [0.4, 0.5) is 0 Å². The topological polar surface area (TPSA) is 46.3 Å². The molecule has 2 N–H and O–H groups in total. The molecule has 19 heavy (non-hydrogen) atoms. The van der Waals surface area contributed by atoms with Crippen LogP contribution in [0.2, 0.25) is 0 Å². The summed E-state index contributed by atoms with van der Waals surface area (Å²) >= 11 is 0. The van der Waals surface area contributed by atoms with Gasteiger partial charge in [0.25, 0.3) is 5.91 Å². The fourth-order valence-electron chi connectivity index (χ4n) is 2.04. The van der Waals surface area contributed by atoms with Crippen LogP contribution < -0.4 is 5.73 Å². The smallest absolute Gasteiger partial charge is 0.253 e. The van der Waals surface area contributed by atoms with Crippen LogP contribution in [-0.4, -0.2) is 30.9 Å². The van der Waals surface area contributed by atoms with Crippen LogP contribution in [0.25, 0.3) is 0 Å². The lowest BCUT2D eigenvalue weighted by molar-refractivity contribution is 0.0777. The molecule has 0 saturated carbocycles. The molecule has 0 spiro atoms. The summed E-state index contributed by atoms with van der Waals surface area (Å²) in [5.74, 6) is 0.934. The Morgan fingerprint density at radius 1 is 1.26 bits per heavy atom. The highest BCUT2D eigenvalue weighted by atomic mass is 16.2. The molecule has 0 aliphatic carbocycles. The molecule has 0 aliphatic heterocycles. The first-order valence-electron chi connectivity index (χ1n) is 7.05. The predicted octanol–water partition coefficient (Wildman–Crippen LogP) is 2.87. The maximum absolute atomic E-state index is 12.2. The number of carbonyl (C=O) groups excluding carboxylic acids is 1. The molecule has 1 aromatic carbocycles. The van der Waals surface area contributed by atoms with Crippen LogP contribution >= 0.6 is 0 Å². The molecule has 1 aromatic rings. The van der Waals surface area contributed by atoms with Crippen molar-refractivity contribution in [2.24, 2.45) is 11.7 Å². The Labute approximate surface area is 116 Å². The van der Waals surface area contributed by atoms with Gasteiger partial charge in [-0.25, -0.2) is 0 Å². The van der Waals surface area contributed by atoms with Gasteiger partial charge in [-0.3, -0.25) is 4.79 Å². The molecule has 1 rings (SSSR count). The number of carbonyl (C=O) groups is 1. The van der Waals surface area contributed by atoms with Gasteiger partial charge in [0, 0.05) is 19.2 Å². The second-order valence-electron chi connectivity index (χ2n) is 5.46. The zero-order chi connectivity index (χ0) is 14.4. The van der Waals surface area contributed by atoms with Crippen molar-refractivity contribution >= 4 is 5.91 Å². The second-order valence-corrected chi connectivity index (χ2v) is 5.46. The monoisotopic (exact) mass is 262 g/mol. The zero-order valence-corrected chi connectivity index (χ0v) is 12.5. The van der Waals surface area contributed by atoms with Crippen LogP contribution in [0.1, 0.15) is 49.0 Å². The molecule has 3 nitrogen and oxygen atoms in total. The molecule has 2 atom stereocenters. The van der Waals surface area contributed by atoms with Gasteiger partial charge in [-0.15, -0.1) is 0 Å². The molecule has 0 heterocycles. The molecule has 0 fully saturated rings. The van der Waals surface area contributed by atoms with E-state index in [9.17, 15) is 4.79 Å². The summed E-state index contributed by atoms with van der Waals surface area (Å²) in [6.45, 7) is 7.72. The number of nitrogens with two attached hydrogens (primary N) is 1. The molecular formula is C16H26N2O. The summed E-state index contributed by atoms with van der Waals surface area (Å²) in [4.78, 5) is 14.0. The Bertz CT molecular complexity index is 400. The third kappa shape index (κ3) is 4.35. The normalized spacial score (nSPS) is 13.9. The molecule has 2 unspecified atom stereocenters. The lowest BCUT2D eigenvalue weighted by atomic mass is 9.97. The number of amides is 1. The van der Waals surface area contributed by atoms with Crippen molar-refractivity contribution in [3.63, 3.8) is 0 Å². The fourth-order valence-corrected chi connectivity index (χ4v) is 2.04. The van der Waals surface area contributed by atoms with Gasteiger partial charge < -0.3 is 10.6 Å². The van der Waals surface area contributed by atoms with Crippen molar-refractivity contribution in [1.29, 1.82) is 0 Å². The van der Waals surface area contributed by atoms with Crippen molar-refractivity contribution in [2.75, 3.05) is 20.1 Å². The van der Waals surface area contributed by atoms with E-state index in [0.717, 1.165) is 12.0 Å². The standard InChI is InChI=1S/C16H26N2O/c1-5-13(3)14-6-8-15(9-7-14)16(19)18(4)11-12(2)10-17/h6-9,12-13H,5,10-11,17H2,1-4H3. The van der Waals surface area contributed by atoms with Crippen LogP contribution in [0.3, 0.4) is 0 Å². The summed E-state index contributed by atoms with van der Waals surface area (Å²) in [7, 11) is 1.83. The summed E-state index contributed by atoms with van der Waals surface area (Å²) in [6.07, 6.45) is 1.11. The second kappa shape index (κ2) is 7.29. The van der Waals surface area contributed by atoms with Gasteiger partial charge in [0.1, 0.15) is 0 Å². The number of rotatable bonds is 6. The maximum atomic E-state index is 12.2. The van der Waals surface area contributed by atoms with Crippen LogP contribution in [0.15, 0.2) is 24.3 Å². The van der Waals surface area contributed by atoms with Crippen LogP contribution in [-0.2, 0) is 0 Å². The quantitative estimate of drug-likeness (QED) is 0.857. The summed E-state index contributed by atoms with van der Waals surface area (Å²) in [6, 6.07) is 7.96. The Morgan fingerprint density at radius 3 is 2.32 bits per heavy atom. The van der Waals surface area contributed by atoms with E-state index in [4.69, 9.17) is 5.73 Å². The highest BCUT2D eigenvalue weighted by Crippen LogP contribution is 2.19. The first-order valence-corrected chi connectivity index (χ1v) is 7.05. The third-order valence-electron chi connectivity index (χ3n) is 3.67. The minimum atomic E-state index is 0.0657. The maximum Gasteiger partial charge on any atom is 0.253 e. The summed E-state index contributed by atoms with van der Waals surface area (Å²) in [5.41, 5.74) is 7.63. The Morgan fingerprint density at radius 2 is 1.84 bits per heavy atom. The predicted molar refractivity (Wildman–Crippen MR) is 80.3 cm³/mol. The highest BCUT2D eigenvalue weighted by molar-refractivity contribution is 5.94. The lowest BCUT2D eigenvalue weighted by Gasteiger charge is -2.21. The molecule has 0 aliphatic rings. The van der Waals surface area contributed by atoms with Crippen molar-refractivity contribution in [3.8, 4) is 0 Å². The van der Waals surface area contributed by atoms with Crippen molar-refractivity contribution in [2.45, 2.75) is 33.1 Å². The van der Waals surface area contributed by atoms with Gasteiger partial charge in [-0.2, -0.15) is 0 Å². The summed E-state index contributed by atoms with van der Waals surface area (Å²) < 4.78 is 0. The lowest BCUT2D eigenvalue weighted by Crippen LogP contribution is -2.33. The minimum Gasteiger partial charge on any atom is -0.341 e. The van der Waals surface area contributed by atoms with E-state index >= 15 is 0 Å². The van der Waals surface area contributed by atoms with E-state index in [1.165, 1.54) is 5.56 Å². The number of benzene rings is 1. The van der Waals surface area contributed by atoms with Crippen molar-refractivity contribution in [1.82, 2.24) is 4.90 Å². The Kier molecular flexibility index (Phi) is 6.03. The fraction of sp³-hybridized carbons (Fsp3) is 0.562. The van der Waals surface area contributed by atoms with E-state index < -0.39 is 0 Å². The van der Waals surface area contributed by atoms with Crippen LogP contribution in [0, 0.1) is 5.92 Å². The van der Waals surface area contributed by atoms with Crippen molar-refractivity contribution in [3.05, 3.63) is 35.4 Å². The first-order chi connectivity index (χ1) is 8.99. The molecular weight excluding hydrogens is 236 g/mol. The highest BCUT2D eigenvalue weighted by Gasteiger charge is 2.14. The third-order valence-corrected chi connectivity index (χ3v) is 3.67. The number of hydrogen-bond donors (Lipinski definition) is 1. The molecule has 106 valence electrons. The van der Waals surface area contributed by atoms with Gasteiger partial charge in [0.15, 0.2) is 0 Å². The average Bonchev–Trinajstić information content (AvgIpc) is 2.45. The molecule has 1 amide bonds. The van der Waals surface area contributed by atoms with Gasteiger partial charge >= 0.3 is 0 Å². The van der Waals surface area contributed by atoms with Crippen molar-refractivity contribution < 1.29 is 4.79 Å². The molecule has 0 bridgehead atoms. The number of hydrogen-bond acceptors (Lipinski definition) is 2. The average molecular weight is 262 g/mol. The molecule has 0 radical (unpaired) electrons. The van der Waals surface area contributed by atoms with Crippen LogP contribution in [0.5, 0.6) is 0 Å². The van der Waals surface area contributed by atoms with E-state index in [0.29, 0.717) is 24.9 Å². The van der Waals surface area contributed by atoms with E-state index in [-0.39, 0.29) is 5.91 Å². The van der Waals surface area contributed by atoms with Gasteiger partial charge in [0.05, 0.1) is 0 Å². The minimum absolute atomic E-state index is 0.0657. The first kappa shape index (κ1) is 15.7. The number of nitrogens with zero attached hydrogens (tertiary/aromatic N) is 1. The van der Waals surface area contributed by atoms with E-state index in [2.05, 4.69) is 32.9 Å². The Balaban J connectivity index is 2.72. The summed E-state index contributed by atoms with van der Waals surface area (Å²) in [5, 5.41) is 0. The molecule has 3 heteroatoms.